The van der Waals surface area contributed by atoms with Crippen LogP contribution < -0.4 is 5.73 Å². The van der Waals surface area contributed by atoms with E-state index in [1.165, 1.54) is 17.0 Å². The Kier molecular flexibility index (Phi) is 5.23. The summed E-state index contributed by atoms with van der Waals surface area (Å²) in [6, 6.07) is 3.73. The minimum atomic E-state index is -0.827. The monoisotopic (exact) mass is 403 g/mol. The lowest BCUT2D eigenvalue weighted by Crippen LogP contribution is -2.52. The summed E-state index contributed by atoms with van der Waals surface area (Å²) in [6.45, 7) is 0.841. The van der Waals surface area contributed by atoms with Gasteiger partial charge in [-0.1, -0.05) is 0 Å². The van der Waals surface area contributed by atoms with Crippen molar-refractivity contribution in [2.75, 3.05) is 13.1 Å². The predicted octanol–water partition coefficient (Wildman–Crippen LogP) is 0.939. The van der Waals surface area contributed by atoms with E-state index in [1.54, 1.807) is 4.90 Å². The van der Waals surface area contributed by atoms with Crippen LogP contribution in [0.1, 0.15) is 31.2 Å². The lowest BCUT2D eigenvalue weighted by atomic mass is 10.1. The molecule has 3 saturated heterocycles. The first-order valence-corrected chi connectivity index (χ1v) is 9.86. The Bertz CT molecular complexity index is 853. The van der Waals surface area contributed by atoms with Gasteiger partial charge in [-0.25, -0.2) is 8.78 Å². The van der Waals surface area contributed by atoms with E-state index in [0.717, 1.165) is 18.9 Å². The Labute approximate surface area is 167 Å². The Morgan fingerprint density at radius 2 is 1.97 bits per heavy atom. The van der Waals surface area contributed by atoms with Crippen molar-refractivity contribution in [1.29, 1.82) is 5.26 Å². The van der Waals surface area contributed by atoms with Gasteiger partial charge in [-0.2, -0.15) is 5.26 Å². The van der Waals surface area contributed by atoms with Crippen LogP contribution in [0.25, 0.3) is 0 Å². The highest BCUT2D eigenvalue weighted by molar-refractivity contribution is 5.86. The van der Waals surface area contributed by atoms with Crippen molar-refractivity contribution in [1.82, 2.24) is 14.7 Å². The third-order valence-electron chi connectivity index (χ3n) is 6.09. The molecule has 0 radical (unpaired) electrons. The average Bonchev–Trinajstić information content (AvgIpc) is 3.35. The maximum absolute atomic E-state index is 13.5. The van der Waals surface area contributed by atoms with Gasteiger partial charge in [-0.15, -0.1) is 0 Å². The molecule has 3 aliphatic heterocycles. The summed E-state index contributed by atoms with van der Waals surface area (Å²) >= 11 is 0. The van der Waals surface area contributed by atoms with Crippen molar-refractivity contribution >= 4 is 11.8 Å². The fourth-order valence-corrected chi connectivity index (χ4v) is 4.80. The molecule has 29 heavy (non-hydrogen) atoms. The number of hydrogen-bond acceptors (Lipinski definition) is 5. The van der Waals surface area contributed by atoms with E-state index in [4.69, 9.17) is 5.73 Å². The minimum Gasteiger partial charge on any atom is -0.325 e. The molecule has 2 bridgehead atoms. The Morgan fingerprint density at radius 1 is 1.24 bits per heavy atom. The zero-order valence-corrected chi connectivity index (χ0v) is 15.9. The van der Waals surface area contributed by atoms with E-state index in [0.29, 0.717) is 24.9 Å². The van der Waals surface area contributed by atoms with Gasteiger partial charge in [-0.05, 0) is 43.4 Å². The number of carbonyl (C=O) groups excluding carboxylic acids is 2. The van der Waals surface area contributed by atoms with Crippen molar-refractivity contribution in [2.45, 2.75) is 56.5 Å². The molecule has 0 spiro atoms. The summed E-state index contributed by atoms with van der Waals surface area (Å²) in [5.41, 5.74) is 6.54. The van der Waals surface area contributed by atoms with E-state index in [-0.39, 0.29) is 37.1 Å². The van der Waals surface area contributed by atoms with E-state index in [1.807, 2.05) is 4.90 Å². The third-order valence-corrected chi connectivity index (χ3v) is 6.09. The van der Waals surface area contributed by atoms with Crippen LogP contribution in [0.15, 0.2) is 18.2 Å². The number of nitrogens with two attached hydrogens (primary N) is 1. The molecule has 4 rings (SSSR count). The summed E-state index contributed by atoms with van der Waals surface area (Å²) < 4.78 is 27.0. The van der Waals surface area contributed by atoms with E-state index in [2.05, 4.69) is 6.07 Å². The van der Waals surface area contributed by atoms with Crippen LogP contribution in [0.2, 0.25) is 0 Å². The quantitative estimate of drug-likeness (QED) is 0.790. The highest BCUT2D eigenvalue weighted by atomic mass is 19.1. The van der Waals surface area contributed by atoms with Gasteiger partial charge in [0.25, 0.3) is 0 Å². The van der Waals surface area contributed by atoms with Gasteiger partial charge in [0.15, 0.2) is 0 Å². The van der Waals surface area contributed by atoms with Gasteiger partial charge in [0.05, 0.1) is 24.3 Å². The van der Waals surface area contributed by atoms with Gasteiger partial charge in [-0.3, -0.25) is 14.5 Å². The first-order valence-electron chi connectivity index (χ1n) is 9.86. The van der Waals surface area contributed by atoms with E-state index >= 15 is 0 Å². The number of carbonyl (C=O) groups is 2. The highest BCUT2D eigenvalue weighted by Gasteiger charge is 2.51. The second-order valence-corrected chi connectivity index (χ2v) is 7.94. The van der Waals surface area contributed by atoms with Gasteiger partial charge in [0.2, 0.25) is 11.8 Å². The molecule has 9 heteroatoms. The summed E-state index contributed by atoms with van der Waals surface area (Å²) in [6.07, 6.45) is 2.58. The van der Waals surface area contributed by atoms with Crippen molar-refractivity contribution in [3.05, 3.63) is 35.4 Å². The Morgan fingerprint density at radius 3 is 2.66 bits per heavy atom. The maximum atomic E-state index is 13.5. The number of nitrogens with zero attached hydrogens (tertiary/aromatic N) is 4. The van der Waals surface area contributed by atoms with Crippen LogP contribution in [-0.2, 0) is 16.1 Å². The molecule has 1 aromatic rings. The molecule has 2 amide bonds. The fourth-order valence-electron chi connectivity index (χ4n) is 4.80. The molecular formula is C20H23F2N5O2. The number of nitriles is 1. The van der Waals surface area contributed by atoms with Crippen molar-refractivity contribution in [3.63, 3.8) is 0 Å². The number of benzene rings is 1. The standard InChI is InChI=1S/C20H23F2N5O2/c21-13-6-12(7-14(22)8-13)10-27-18-4-3-17(20(27)29)26(18)11-16(24)19(28)25-5-1-2-15(25)9-23/h6-8,15-18H,1-5,10-11,24H2/t15-,16?,17?,18?/m0/s1. The van der Waals surface area contributed by atoms with Crippen LogP contribution in [-0.4, -0.2) is 63.9 Å². The average molecular weight is 403 g/mol. The number of fused-ring (bicyclic) bond motifs is 2. The lowest BCUT2D eigenvalue weighted by molar-refractivity contribution is -0.133. The Hall–Kier alpha value is -2.57. The molecule has 7 nitrogen and oxygen atoms in total. The zero-order valence-electron chi connectivity index (χ0n) is 15.9. The first-order chi connectivity index (χ1) is 13.9. The van der Waals surface area contributed by atoms with Crippen LogP contribution in [0.4, 0.5) is 8.78 Å². The highest BCUT2D eigenvalue weighted by Crippen LogP contribution is 2.36. The molecule has 0 aromatic heterocycles. The maximum Gasteiger partial charge on any atom is 0.241 e. The molecule has 2 N–H and O–H groups in total. The first kappa shape index (κ1) is 19.7. The predicted molar refractivity (Wildman–Crippen MR) is 98.7 cm³/mol. The number of piperidine rings is 1. The molecule has 1 aromatic carbocycles. The smallest absolute Gasteiger partial charge is 0.241 e. The minimum absolute atomic E-state index is 0.108. The lowest BCUT2D eigenvalue weighted by Gasteiger charge is -2.30. The van der Waals surface area contributed by atoms with Crippen molar-refractivity contribution < 1.29 is 18.4 Å². The van der Waals surface area contributed by atoms with E-state index in [9.17, 15) is 23.6 Å². The van der Waals surface area contributed by atoms with Gasteiger partial charge < -0.3 is 15.5 Å². The molecule has 4 atom stereocenters. The number of amides is 2. The number of likely N-dealkylation sites (tertiary alicyclic amines) is 2. The third kappa shape index (κ3) is 3.58. The van der Waals surface area contributed by atoms with Crippen LogP contribution >= 0.6 is 0 Å². The molecule has 3 aliphatic rings. The zero-order chi connectivity index (χ0) is 20.7. The molecule has 3 heterocycles. The Balaban J connectivity index is 1.45. The molecule has 0 saturated carbocycles. The second-order valence-electron chi connectivity index (χ2n) is 7.94. The van der Waals surface area contributed by atoms with Crippen LogP contribution in [0.5, 0.6) is 0 Å². The molecule has 0 aliphatic carbocycles. The van der Waals surface area contributed by atoms with Gasteiger partial charge in [0.1, 0.15) is 17.7 Å². The summed E-state index contributed by atoms with van der Waals surface area (Å²) in [4.78, 5) is 30.5. The van der Waals surface area contributed by atoms with Crippen molar-refractivity contribution in [2.24, 2.45) is 5.73 Å². The summed E-state index contributed by atoms with van der Waals surface area (Å²) in [7, 11) is 0. The summed E-state index contributed by atoms with van der Waals surface area (Å²) in [5, 5.41) is 9.19. The molecule has 154 valence electrons. The van der Waals surface area contributed by atoms with E-state index < -0.39 is 23.7 Å². The molecular weight excluding hydrogens is 380 g/mol. The number of hydrogen-bond donors (Lipinski definition) is 1. The number of halogens is 2. The van der Waals surface area contributed by atoms with Crippen LogP contribution in [0, 0.1) is 23.0 Å². The molecule has 3 unspecified atom stereocenters. The van der Waals surface area contributed by atoms with Gasteiger partial charge in [0, 0.05) is 25.7 Å². The second kappa shape index (κ2) is 7.69. The topological polar surface area (TPSA) is 93.7 Å². The largest absolute Gasteiger partial charge is 0.325 e. The van der Waals surface area contributed by atoms with Gasteiger partial charge >= 0.3 is 0 Å². The normalized spacial score (nSPS) is 27.5. The SMILES string of the molecule is N#C[C@@H]1CCCN1C(=O)C(N)CN1C2CCC1N(Cc1cc(F)cc(F)c1)C2=O. The van der Waals surface area contributed by atoms with Crippen molar-refractivity contribution in [3.8, 4) is 6.07 Å². The molecule has 3 fully saturated rings. The number of rotatable bonds is 5. The summed E-state index contributed by atoms with van der Waals surface area (Å²) in [5.74, 6) is -1.74. The van der Waals surface area contributed by atoms with Crippen LogP contribution in [0.3, 0.4) is 0 Å². The fraction of sp³-hybridized carbons (Fsp3) is 0.550.